The summed E-state index contributed by atoms with van der Waals surface area (Å²) in [6, 6.07) is 9.55. The topological polar surface area (TPSA) is 47.3 Å². The lowest BCUT2D eigenvalue weighted by atomic mass is 10.2. The molecule has 4 nitrogen and oxygen atoms in total. The largest absolute Gasteiger partial charge is 0.507 e. The van der Waals surface area contributed by atoms with Gasteiger partial charge in [-0.3, -0.25) is 0 Å². The smallest absolute Gasteiger partial charge is 0.144 e. The molecule has 0 fully saturated rings. The molecule has 108 valence electrons. The van der Waals surface area contributed by atoms with Gasteiger partial charge in [0.15, 0.2) is 0 Å². The molecule has 1 aromatic heterocycles. The number of benzene rings is 2. The average molecular weight is 286 g/mol. The van der Waals surface area contributed by atoms with Crippen LogP contribution in [0.3, 0.4) is 0 Å². The second-order valence-corrected chi connectivity index (χ2v) is 4.70. The van der Waals surface area contributed by atoms with E-state index in [-0.39, 0.29) is 11.6 Å². The van der Waals surface area contributed by atoms with Gasteiger partial charge in [0.05, 0.1) is 23.7 Å². The van der Waals surface area contributed by atoms with E-state index in [0.29, 0.717) is 29.2 Å². The number of aromatic nitrogens is 2. The molecule has 3 rings (SSSR count). The summed E-state index contributed by atoms with van der Waals surface area (Å²) in [5.41, 5.74) is 2.00. The van der Waals surface area contributed by atoms with Crippen molar-refractivity contribution < 1.29 is 14.2 Å². The van der Waals surface area contributed by atoms with Crippen LogP contribution in [0.1, 0.15) is 6.92 Å². The molecule has 0 spiro atoms. The van der Waals surface area contributed by atoms with Gasteiger partial charge in [0, 0.05) is 18.7 Å². The molecule has 3 aromatic rings. The Morgan fingerprint density at radius 2 is 2.05 bits per heavy atom. The first-order valence-corrected chi connectivity index (χ1v) is 6.67. The van der Waals surface area contributed by atoms with Crippen molar-refractivity contribution in [3.63, 3.8) is 0 Å². The minimum absolute atomic E-state index is 0.0832. The van der Waals surface area contributed by atoms with E-state index in [1.807, 2.05) is 11.5 Å². The third-order valence-corrected chi connectivity index (χ3v) is 3.47. The van der Waals surface area contributed by atoms with Gasteiger partial charge in [-0.1, -0.05) is 0 Å². The monoisotopic (exact) mass is 286 g/mol. The Hall–Kier alpha value is -2.56. The number of hydrogen-bond donors (Lipinski definition) is 1. The van der Waals surface area contributed by atoms with Gasteiger partial charge in [-0.05, 0) is 31.2 Å². The average Bonchev–Trinajstić information content (AvgIpc) is 2.84. The second-order valence-electron chi connectivity index (χ2n) is 4.70. The van der Waals surface area contributed by atoms with Crippen molar-refractivity contribution in [2.45, 2.75) is 13.5 Å². The molecule has 2 aromatic carbocycles. The van der Waals surface area contributed by atoms with Crippen LogP contribution in [-0.4, -0.2) is 21.8 Å². The Balaban J connectivity index is 2.24. The van der Waals surface area contributed by atoms with E-state index in [1.165, 1.54) is 18.2 Å². The Labute approximate surface area is 121 Å². The molecule has 0 saturated heterocycles. The first kappa shape index (κ1) is 13.4. The van der Waals surface area contributed by atoms with E-state index >= 15 is 0 Å². The lowest BCUT2D eigenvalue weighted by Gasteiger charge is -2.09. The fourth-order valence-corrected chi connectivity index (χ4v) is 2.46. The third-order valence-electron chi connectivity index (χ3n) is 3.47. The SMILES string of the molecule is CCn1c(-c2ccc(OC)cc2O)nc2cc(F)ccc21. The summed E-state index contributed by atoms with van der Waals surface area (Å²) in [7, 11) is 1.54. The van der Waals surface area contributed by atoms with Gasteiger partial charge in [-0.15, -0.1) is 0 Å². The molecule has 0 bridgehead atoms. The Kier molecular flexibility index (Phi) is 3.25. The van der Waals surface area contributed by atoms with Crippen LogP contribution in [0.5, 0.6) is 11.5 Å². The highest BCUT2D eigenvalue weighted by Gasteiger charge is 2.15. The van der Waals surface area contributed by atoms with Gasteiger partial charge in [0.1, 0.15) is 23.1 Å². The van der Waals surface area contributed by atoms with Crippen LogP contribution >= 0.6 is 0 Å². The standard InChI is InChI=1S/C16H15FN2O2/c1-3-19-14-7-4-10(17)8-13(14)18-16(19)12-6-5-11(21-2)9-15(12)20/h4-9,20H,3H2,1-2H3. The summed E-state index contributed by atoms with van der Waals surface area (Å²) in [4.78, 5) is 4.45. The number of aryl methyl sites for hydroxylation is 1. The van der Waals surface area contributed by atoms with E-state index in [4.69, 9.17) is 4.74 Å². The fraction of sp³-hybridized carbons (Fsp3) is 0.188. The van der Waals surface area contributed by atoms with Crippen molar-refractivity contribution >= 4 is 11.0 Å². The van der Waals surface area contributed by atoms with Gasteiger partial charge in [0.2, 0.25) is 0 Å². The van der Waals surface area contributed by atoms with Gasteiger partial charge in [0.25, 0.3) is 0 Å². The molecule has 1 N–H and O–H groups in total. The highest BCUT2D eigenvalue weighted by molar-refractivity contribution is 5.82. The number of phenolic OH excluding ortho intramolecular Hbond substituents is 1. The Morgan fingerprint density at radius 3 is 2.71 bits per heavy atom. The fourth-order valence-electron chi connectivity index (χ4n) is 2.46. The van der Waals surface area contributed by atoms with Crippen molar-refractivity contribution in [3.05, 3.63) is 42.2 Å². The van der Waals surface area contributed by atoms with Crippen LogP contribution in [-0.2, 0) is 6.54 Å². The number of fused-ring (bicyclic) bond motifs is 1. The number of halogens is 1. The summed E-state index contributed by atoms with van der Waals surface area (Å²) in [5.74, 6) is 0.938. The van der Waals surface area contributed by atoms with E-state index in [1.54, 1.807) is 25.3 Å². The molecule has 0 atom stereocenters. The van der Waals surface area contributed by atoms with E-state index in [0.717, 1.165) is 5.52 Å². The number of phenols is 1. The predicted molar refractivity (Wildman–Crippen MR) is 79.0 cm³/mol. The number of rotatable bonds is 3. The molecule has 21 heavy (non-hydrogen) atoms. The molecule has 0 aliphatic carbocycles. The van der Waals surface area contributed by atoms with Crippen molar-refractivity contribution in [1.82, 2.24) is 9.55 Å². The Morgan fingerprint density at radius 1 is 1.24 bits per heavy atom. The highest BCUT2D eigenvalue weighted by Crippen LogP contribution is 2.33. The summed E-state index contributed by atoms with van der Waals surface area (Å²) in [5, 5.41) is 10.2. The van der Waals surface area contributed by atoms with Crippen LogP contribution in [0.4, 0.5) is 4.39 Å². The maximum absolute atomic E-state index is 13.3. The maximum Gasteiger partial charge on any atom is 0.144 e. The lowest BCUT2D eigenvalue weighted by Crippen LogP contribution is -1.97. The van der Waals surface area contributed by atoms with Gasteiger partial charge >= 0.3 is 0 Å². The van der Waals surface area contributed by atoms with Crippen molar-refractivity contribution in [2.75, 3.05) is 7.11 Å². The zero-order valence-electron chi connectivity index (χ0n) is 11.8. The predicted octanol–water partition coefficient (Wildman–Crippen LogP) is 3.58. The number of aromatic hydroxyl groups is 1. The van der Waals surface area contributed by atoms with Gasteiger partial charge in [-0.25, -0.2) is 9.37 Å². The quantitative estimate of drug-likeness (QED) is 0.800. The summed E-state index contributed by atoms with van der Waals surface area (Å²) in [6.07, 6.45) is 0. The molecule has 1 heterocycles. The van der Waals surface area contributed by atoms with Crippen molar-refractivity contribution in [2.24, 2.45) is 0 Å². The molecular weight excluding hydrogens is 271 g/mol. The van der Waals surface area contributed by atoms with Crippen LogP contribution in [0.2, 0.25) is 0 Å². The van der Waals surface area contributed by atoms with E-state index in [9.17, 15) is 9.50 Å². The number of hydrogen-bond acceptors (Lipinski definition) is 3. The van der Waals surface area contributed by atoms with Crippen LogP contribution < -0.4 is 4.74 Å². The molecule has 0 amide bonds. The molecular formula is C16H15FN2O2. The first-order valence-electron chi connectivity index (χ1n) is 6.67. The zero-order chi connectivity index (χ0) is 15.0. The highest BCUT2D eigenvalue weighted by atomic mass is 19.1. The lowest BCUT2D eigenvalue weighted by molar-refractivity contribution is 0.408. The zero-order valence-corrected chi connectivity index (χ0v) is 11.8. The molecule has 0 unspecified atom stereocenters. The second kappa shape index (κ2) is 5.09. The maximum atomic E-state index is 13.3. The van der Waals surface area contributed by atoms with Gasteiger partial charge in [-0.2, -0.15) is 0 Å². The third kappa shape index (κ3) is 2.20. The molecule has 0 aliphatic heterocycles. The summed E-state index contributed by atoms with van der Waals surface area (Å²) >= 11 is 0. The number of ether oxygens (including phenoxy) is 1. The number of methoxy groups -OCH3 is 1. The van der Waals surface area contributed by atoms with Crippen LogP contribution in [0.15, 0.2) is 36.4 Å². The first-order chi connectivity index (χ1) is 10.1. The molecule has 0 aliphatic rings. The van der Waals surface area contributed by atoms with E-state index in [2.05, 4.69) is 4.98 Å². The summed E-state index contributed by atoms with van der Waals surface area (Å²) < 4.78 is 20.4. The number of imidazole rings is 1. The minimum Gasteiger partial charge on any atom is -0.507 e. The number of nitrogens with zero attached hydrogens (tertiary/aromatic N) is 2. The summed E-state index contributed by atoms with van der Waals surface area (Å²) in [6.45, 7) is 2.65. The molecule has 0 radical (unpaired) electrons. The molecule has 0 saturated carbocycles. The normalized spacial score (nSPS) is 11.0. The van der Waals surface area contributed by atoms with Crippen molar-refractivity contribution in [1.29, 1.82) is 0 Å². The van der Waals surface area contributed by atoms with Crippen LogP contribution in [0.25, 0.3) is 22.4 Å². The Bertz CT molecular complexity index is 811. The van der Waals surface area contributed by atoms with Gasteiger partial charge < -0.3 is 14.4 Å². The minimum atomic E-state index is -0.325. The molecule has 5 heteroatoms. The van der Waals surface area contributed by atoms with E-state index < -0.39 is 0 Å². The van der Waals surface area contributed by atoms with Crippen molar-refractivity contribution in [3.8, 4) is 22.9 Å². The van der Waals surface area contributed by atoms with Crippen LogP contribution in [0, 0.1) is 5.82 Å².